The molecule has 1 saturated carbocycles. The Labute approximate surface area is 103 Å². The second kappa shape index (κ2) is 5.23. The van der Waals surface area contributed by atoms with E-state index in [4.69, 9.17) is 10.00 Å². The second-order valence-electron chi connectivity index (χ2n) is 5.03. The summed E-state index contributed by atoms with van der Waals surface area (Å²) < 4.78 is 5.42. The Hall–Kier alpha value is -1.49. The number of ether oxygens (including phenoxy) is 1. The van der Waals surface area contributed by atoms with Gasteiger partial charge in [0.2, 0.25) is 0 Å². The van der Waals surface area contributed by atoms with Crippen LogP contribution in [-0.4, -0.2) is 7.11 Å². The quantitative estimate of drug-likeness (QED) is 0.771. The number of methoxy groups -OCH3 is 1. The monoisotopic (exact) mass is 229 g/mol. The average Bonchev–Trinajstić information content (AvgIpc) is 2.39. The van der Waals surface area contributed by atoms with Crippen molar-refractivity contribution in [3.05, 3.63) is 29.3 Å². The molecule has 0 amide bonds. The number of hydrogen-bond donors (Lipinski definition) is 0. The van der Waals surface area contributed by atoms with Crippen molar-refractivity contribution in [1.29, 1.82) is 5.26 Å². The molecule has 0 N–H and O–H groups in total. The minimum atomic E-state index is 0.564. The molecule has 1 aliphatic rings. The number of hydrogen-bond acceptors (Lipinski definition) is 2. The van der Waals surface area contributed by atoms with Crippen LogP contribution in [0, 0.1) is 17.2 Å². The Kier molecular flexibility index (Phi) is 3.68. The van der Waals surface area contributed by atoms with Crippen LogP contribution in [0.3, 0.4) is 0 Å². The Morgan fingerprint density at radius 3 is 2.53 bits per heavy atom. The molecule has 0 heterocycles. The molecule has 17 heavy (non-hydrogen) atoms. The fourth-order valence-corrected chi connectivity index (χ4v) is 2.69. The fourth-order valence-electron chi connectivity index (χ4n) is 2.69. The number of nitriles is 1. The third-order valence-electron chi connectivity index (χ3n) is 3.81. The molecule has 2 rings (SSSR count). The third-order valence-corrected chi connectivity index (χ3v) is 3.81. The molecule has 1 aromatic rings. The van der Waals surface area contributed by atoms with Crippen LogP contribution in [0.4, 0.5) is 0 Å². The largest absolute Gasteiger partial charge is 0.496 e. The van der Waals surface area contributed by atoms with Gasteiger partial charge in [-0.2, -0.15) is 5.26 Å². The lowest BCUT2D eigenvalue weighted by Crippen LogP contribution is -2.11. The maximum Gasteiger partial charge on any atom is 0.122 e. The van der Waals surface area contributed by atoms with Crippen LogP contribution in [0.2, 0.25) is 0 Å². The molecule has 1 fully saturated rings. The predicted octanol–water partition coefficient (Wildman–Crippen LogP) is 3.86. The van der Waals surface area contributed by atoms with E-state index in [9.17, 15) is 0 Å². The van der Waals surface area contributed by atoms with Crippen LogP contribution in [0.25, 0.3) is 0 Å². The number of benzene rings is 1. The van der Waals surface area contributed by atoms with Gasteiger partial charge in [-0.1, -0.05) is 19.8 Å². The van der Waals surface area contributed by atoms with E-state index in [1.165, 1.54) is 31.2 Å². The van der Waals surface area contributed by atoms with Crippen LogP contribution in [-0.2, 0) is 0 Å². The molecule has 0 aromatic heterocycles. The van der Waals surface area contributed by atoms with Crippen molar-refractivity contribution in [3.63, 3.8) is 0 Å². The normalized spacial score (nSPS) is 24.1. The molecular formula is C15H19NO. The first-order chi connectivity index (χ1) is 8.24. The van der Waals surface area contributed by atoms with Crippen molar-refractivity contribution >= 4 is 0 Å². The Balaban J connectivity index is 2.26. The molecule has 90 valence electrons. The molecule has 1 aliphatic carbocycles. The van der Waals surface area contributed by atoms with E-state index in [1.807, 2.05) is 18.2 Å². The van der Waals surface area contributed by atoms with Crippen molar-refractivity contribution in [3.8, 4) is 11.8 Å². The molecule has 0 aliphatic heterocycles. The van der Waals surface area contributed by atoms with Crippen molar-refractivity contribution < 1.29 is 4.74 Å². The topological polar surface area (TPSA) is 33.0 Å². The van der Waals surface area contributed by atoms with Gasteiger partial charge in [-0.05, 0) is 48.4 Å². The summed E-state index contributed by atoms with van der Waals surface area (Å²) in [7, 11) is 1.70. The van der Waals surface area contributed by atoms with E-state index in [0.29, 0.717) is 5.92 Å². The molecule has 0 radical (unpaired) electrons. The standard InChI is InChI=1S/C15H19NO/c1-11-3-6-13(7-4-11)14-9-12(10-16)5-8-15(14)17-2/h5,8-9,11,13H,3-4,6-7H2,1-2H3. The van der Waals surface area contributed by atoms with E-state index in [-0.39, 0.29) is 0 Å². The van der Waals surface area contributed by atoms with Gasteiger partial charge in [-0.25, -0.2) is 0 Å². The zero-order valence-corrected chi connectivity index (χ0v) is 10.6. The molecule has 0 saturated heterocycles. The average molecular weight is 229 g/mol. The maximum absolute atomic E-state index is 8.98. The highest BCUT2D eigenvalue weighted by molar-refractivity contribution is 5.44. The smallest absolute Gasteiger partial charge is 0.122 e. The molecule has 1 aromatic carbocycles. The van der Waals surface area contributed by atoms with Crippen molar-refractivity contribution in [2.75, 3.05) is 7.11 Å². The van der Waals surface area contributed by atoms with Crippen LogP contribution in [0.5, 0.6) is 5.75 Å². The Morgan fingerprint density at radius 2 is 1.94 bits per heavy atom. The van der Waals surface area contributed by atoms with Gasteiger partial charge in [0, 0.05) is 0 Å². The summed E-state index contributed by atoms with van der Waals surface area (Å²) in [5.74, 6) is 2.34. The summed E-state index contributed by atoms with van der Waals surface area (Å²) in [4.78, 5) is 0. The highest BCUT2D eigenvalue weighted by atomic mass is 16.5. The van der Waals surface area contributed by atoms with Gasteiger partial charge in [0.15, 0.2) is 0 Å². The predicted molar refractivity (Wildman–Crippen MR) is 68.1 cm³/mol. The fraction of sp³-hybridized carbons (Fsp3) is 0.533. The maximum atomic E-state index is 8.98. The van der Waals surface area contributed by atoms with Gasteiger partial charge in [0.05, 0.1) is 18.7 Å². The van der Waals surface area contributed by atoms with E-state index in [2.05, 4.69) is 13.0 Å². The van der Waals surface area contributed by atoms with Crippen LogP contribution < -0.4 is 4.74 Å². The minimum Gasteiger partial charge on any atom is -0.496 e. The molecule has 0 spiro atoms. The van der Waals surface area contributed by atoms with Crippen LogP contribution >= 0.6 is 0 Å². The van der Waals surface area contributed by atoms with Gasteiger partial charge in [-0.3, -0.25) is 0 Å². The molecule has 0 unspecified atom stereocenters. The van der Waals surface area contributed by atoms with Crippen molar-refractivity contribution in [1.82, 2.24) is 0 Å². The molecule has 0 bridgehead atoms. The van der Waals surface area contributed by atoms with E-state index in [0.717, 1.165) is 17.2 Å². The van der Waals surface area contributed by atoms with Crippen molar-refractivity contribution in [2.24, 2.45) is 5.92 Å². The second-order valence-corrected chi connectivity index (χ2v) is 5.03. The summed E-state index contributed by atoms with van der Waals surface area (Å²) in [5, 5.41) is 8.98. The van der Waals surface area contributed by atoms with E-state index < -0.39 is 0 Å². The SMILES string of the molecule is COc1ccc(C#N)cc1C1CCC(C)CC1. The lowest BCUT2D eigenvalue weighted by Gasteiger charge is -2.27. The summed E-state index contributed by atoms with van der Waals surface area (Å²) in [6.07, 6.45) is 4.99. The van der Waals surface area contributed by atoms with Gasteiger partial charge in [0.25, 0.3) is 0 Å². The van der Waals surface area contributed by atoms with Crippen LogP contribution in [0.15, 0.2) is 18.2 Å². The summed E-state index contributed by atoms with van der Waals surface area (Å²) in [6, 6.07) is 7.96. The van der Waals surface area contributed by atoms with Gasteiger partial charge >= 0.3 is 0 Å². The van der Waals surface area contributed by atoms with Crippen LogP contribution in [0.1, 0.15) is 49.7 Å². The third kappa shape index (κ3) is 2.61. The molecule has 0 atom stereocenters. The lowest BCUT2D eigenvalue weighted by molar-refractivity contribution is 0.336. The lowest BCUT2D eigenvalue weighted by atomic mass is 9.79. The molecule has 2 nitrogen and oxygen atoms in total. The van der Waals surface area contributed by atoms with Gasteiger partial charge in [-0.15, -0.1) is 0 Å². The number of rotatable bonds is 2. The first-order valence-electron chi connectivity index (χ1n) is 6.32. The van der Waals surface area contributed by atoms with Gasteiger partial charge < -0.3 is 4.74 Å². The highest BCUT2D eigenvalue weighted by Gasteiger charge is 2.22. The first kappa shape index (κ1) is 12.0. The Bertz CT molecular complexity index is 425. The van der Waals surface area contributed by atoms with Gasteiger partial charge in [0.1, 0.15) is 5.75 Å². The molecule has 2 heteroatoms. The number of nitrogens with zero attached hydrogens (tertiary/aromatic N) is 1. The highest BCUT2D eigenvalue weighted by Crippen LogP contribution is 2.39. The summed E-state index contributed by atoms with van der Waals surface area (Å²) in [6.45, 7) is 2.32. The molecular weight excluding hydrogens is 210 g/mol. The Morgan fingerprint density at radius 1 is 1.24 bits per heavy atom. The summed E-state index contributed by atoms with van der Waals surface area (Å²) >= 11 is 0. The van der Waals surface area contributed by atoms with E-state index >= 15 is 0 Å². The van der Waals surface area contributed by atoms with E-state index in [1.54, 1.807) is 7.11 Å². The summed E-state index contributed by atoms with van der Waals surface area (Å²) in [5.41, 5.74) is 1.96. The van der Waals surface area contributed by atoms with Crippen molar-refractivity contribution in [2.45, 2.75) is 38.5 Å². The first-order valence-corrected chi connectivity index (χ1v) is 6.32. The zero-order chi connectivity index (χ0) is 12.3. The zero-order valence-electron chi connectivity index (χ0n) is 10.6. The minimum absolute atomic E-state index is 0.564.